The van der Waals surface area contributed by atoms with Crippen LogP contribution in [0.25, 0.3) is 11.1 Å². The van der Waals surface area contributed by atoms with Crippen molar-refractivity contribution in [3.63, 3.8) is 0 Å². The van der Waals surface area contributed by atoms with Crippen molar-refractivity contribution in [2.24, 2.45) is 5.92 Å². The predicted octanol–water partition coefficient (Wildman–Crippen LogP) is 3.76. The molecule has 0 spiro atoms. The van der Waals surface area contributed by atoms with Gasteiger partial charge in [-0.1, -0.05) is 23.7 Å². The van der Waals surface area contributed by atoms with Gasteiger partial charge in [-0.3, -0.25) is 19.4 Å². The molecular formula is C25H23ClN4O3. The first kappa shape index (κ1) is 22.7. The highest BCUT2D eigenvalue weighted by molar-refractivity contribution is 6.31. The van der Waals surface area contributed by atoms with Crippen LogP contribution in [-0.2, 0) is 20.9 Å². The molecule has 2 atom stereocenters. The maximum absolute atomic E-state index is 13.2. The Morgan fingerprint density at radius 2 is 1.82 bits per heavy atom. The second-order valence-electron chi connectivity index (χ2n) is 8.27. The van der Waals surface area contributed by atoms with Gasteiger partial charge < -0.3 is 5.32 Å². The van der Waals surface area contributed by atoms with Crippen LogP contribution < -0.4 is 5.32 Å². The molecular weight excluding hydrogens is 440 g/mol. The molecule has 0 aliphatic heterocycles. The Morgan fingerprint density at radius 3 is 2.48 bits per heavy atom. The summed E-state index contributed by atoms with van der Waals surface area (Å²) in [5.41, 5.74) is 4.78. The smallest absolute Gasteiger partial charge is 0.221 e. The van der Waals surface area contributed by atoms with Crippen LogP contribution in [0.2, 0.25) is 5.02 Å². The van der Waals surface area contributed by atoms with Gasteiger partial charge in [0.1, 0.15) is 18.0 Å². The fraction of sp³-hybridized carbons (Fsp3) is 0.280. The molecule has 2 aromatic heterocycles. The van der Waals surface area contributed by atoms with Crippen LogP contribution in [0.4, 0.5) is 0 Å². The third-order valence-corrected chi connectivity index (χ3v) is 6.30. The minimum atomic E-state index is -0.839. The summed E-state index contributed by atoms with van der Waals surface area (Å²) in [6.07, 6.45) is 6.53. The zero-order valence-corrected chi connectivity index (χ0v) is 19.1. The lowest BCUT2D eigenvalue weighted by atomic mass is 9.85. The molecule has 4 rings (SSSR count). The molecule has 1 aliphatic carbocycles. The normalized spacial score (nSPS) is 17.9. The van der Waals surface area contributed by atoms with E-state index in [0.717, 1.165) is 27.8 Å². The Balaban J connectivity index is 1.48. The van der Waals surface area contributed by atoms with E-state index in [1.165, 1.54) is 6.33 Å². The summed E-state index contributed by atoms with van der Waals surface area (Å²) in [6, 6.07) is 7.29. The van der Waals surface area contributed by atoms with Crippen molar-refractivity contribution in [1.82, 2.24) is 20.3 Å². The minimum absolute atomic E-state index is 0.0386. The Labute approximate surface area is 196 Å². The standard InChI is InChI=1S/C25H23ClN4O3/c1-14-6-16(18-10-27-13-28-11-18)7-15(2)23(14)24-21(31)8-17(25(24)33)9-22(32)30-12-20-19(26)4-3-5-29-20/h3-7,10-11,13,17,24H,8-9,12H2,1-2H3,(H,30,32). The van der Waals surface area contributed by atoms with Crippen LogP contribution >= 0.6 is 11.6 Å². The number of carbonyl (C=O) groups excluding carboxylic acids is 3. The van der Waals surface area contributed by atoms with Gasteiger partial charge in [0.2, 0.25) is 5.91 Å². The van der Waals surface area contributed by atoms with Crippen LogP contribution in [-0.4, -0.2) is 32.4 Å². The number of pyridine rings is 1. The number of aryl methyl sites for hydroxylation is 2. The number of halogens is 1. The van der Waals surface area contributed by atoms with Gasteiger partial charge in [-0.15, -0.1) is 0 Å². The summed E-state index contributed by atoms with van der Waals surface area (Å²) in [4.78, 5) is 50.7. The fourth-order valence-corrected chi connectivity index (χ4v) is 4.59. The van der Waals surface area contributed by atoms with E-state index in [2.05, 4.69) is 20.3 Å². The lowest BCUT2D eigenvalue weighted by Crippen LogP contribution is -2.27. The average molecular weight is 463 g/mol. The van der Waals surface area contributed by atoms with Crippen LogP contribution in [0.3, 0.4) is 0 Å². The predicted molar refractivity (Wildman–Crippen MR) is 124 cm³/mol. The molecule has 1 N–H and O–H groups in total. The molecule has 0 saturated heterocycles. The Morgan fingerprint density at radius 1 is 1.12 bits per heavy atom. The van der Waals surface area contributed by atoms with Gasteiger partial charge in [-0.2, -0.15) is 0 Å². The summed E-state index contributed by atoms with van der Waals surface area (Å²) in [6.45, 7) is 3.96. The van der Waals surface area contributed by atoms with E-state index in [1.807, 2.05) is 26.0 Å². The van der Waals surface area contributed by atoms with Crippen molar-refractivity contribution < 1.29 is 14.4 Å². The lowest BCUT2D eigenvalue weighted by Gasteiger charge is -2.17. The van der Waals surface area contributed by atoms with Crippen LogP contribution in [0, 0.1) is 19.8 Å². The first-order valence-corrected chi connectivity index (χ1v) is 11.0. The van der Waals surface area contributed by atoms with Crippen molar-refractivity contribution in [2.75, 3.05) is 0 Å². The molecule has 7 nitrogen and oxygen atoms in total. The van der Waals surface area contributed by atoms with E-state index >= 15 is 0 Å². The maximum Gasteiger partial charge on any atom is 0.221 e. The Bertz CT molecular complexity index is 1210. The number of aromatic nitrogens is 3. The molecule has 8 heteroatoms. The number of hydrogen-bond donors (Lipinski definition) is 1. The molecule has 1 fully saturated rings. The molecule has 1 saturated carbocycles. The lowest BCUT2D eigenvalue weighted by molar-refractivity contribution is -0.128. The monoisotopic (exact) mass is 462 g/mol. The van der Waals surface area contributed by atoms with Gasteiger partial charge in [0.15, 0.2) is 5.78 Å². The number of nitrogens with zero attached hydrogens (tertiary/aromatic N) is 3. The molecule has 0 radical (unpaired) electrons. The fourth-order valence-electron chi connectivity index (χ4n) is 4.40. The second-order valence-corrected chi connectivity index (χ2v) is 8.67. The van der Waals surface area contributed by atoms with Gasteiger partial charge in [0.25, 0.3) is 0 Å². The van der Waals surface area contributed by atoms with Crippen molar-refractivity contribution in [3.8, 4) is 11.1 Å². The Hall–Kier alpha value is -3.45. The Kier molecular flexibility index (Phi) is 6.60. The van der Waals surface area contributed by atoms with E-state index < -0.39 is 11.8 Å². The molecule has 168 valence electrons. The number of rotatable bonds is 6. The van der Waals surface area contributed by atoms with Crippen molar-refractivity contribution in [2.45, 2.75) is 39.2 Å². The number of Topliss-reactive ketones (excluding diaryl/α,β-unsaturated/α-hetero) is 2. The number of benzene rings is 1. The van der Waals surface area contributed by atoms with Crippen molar-refractivity contribution in [3.05, 3.63) is 76.6 Å². The molecule has 33 heavy (non-hydrogen) atoms. The van der Waals surface area contributed by atoms with Crippen molar-refractivity contribution >= 4 is 29.1 Å². The minimum Gasteiger partial charge on any atom is -0.350 e. The van der Waals surface area contributed by atoms with Crippen LogP contribution in [0.15, 0.2) is 49.2 Å². The highest BCUT2D eigenvalue weighted by Crippen LogP contribution is 2.38. The van der Waals surface area contributed by atoms with Gasteiger partial charge in [-0.05, 0) is 48.2 Å². The number of nitrogens with one attached hydrogen (secondary N) is 1. The summed E-state index contributed by atoms with van der Waals surface area (Å²) in [5, 5.41) is 3.20. The number of carbonyl (C=O) groups is 3. The van der Waals surface area contributed by atoms with Crippen molar-refractivity contribution in [1.29, 1.82) is 0 Å². The summed E-state index contributed by atoms with van der Waals surface area (Å²) < 4.78 is 0. The van der Waals surface area contributed by atoms with E-state index in [-0.39, 0.29) is 36.9 Å². The quantitative estimate of drug-likeness (QED) is 0.559. The summed E-state index contributed by atoms with van der Waals surface area (Å²) in [5.74, 6) is -2.13. The van der Waals surface area contributed by atoms with Gasteiger partial charge in [-0.25, -0.2) is 9.97 Å². The average Bonchev–Trinajstić information content (AvgIpc) is 3.06. The maximum atomic E-state index is 13.2. The number of amides is 1. The zero-order valence-electron chi connectivity index (χ0n) is 18.3. The van der Waals surface area contributed by atoms with Crippen LogP contribution in [0.1, 0.15) is 41.1 Å². The largest absolute Gasteiger partial charge is 0.350 e. The summed E-state index contributed by atoms with van der Waals surface area (Å²) >= 11 is 6.07. The van der Waals surface area contributed by atoms with Crippen LogP contribution in [0.5, 0.6) is 0 Å². The molecule has 1 aromatic carbocycles. The molecule has 0 bridgehead atoms. The molecule has 1 amide bonds. The summed E-state index contributed by atoms with van der Waals surface area (Å²) in [7, 11) is 0. The SMILES string of the molecule is Cc1cc(-c2cncnc2)cc(C)c1C1C(=O)CC(CC(=O)NCc2ncccc2Cl)C1=O. The third kappa shape index (κ3) is 4.83. The zero-order chi connectivity index (χ0) is 23.5. The number of hydrogen-bond acceptors (Lipinski definition) is 6. The second kappa shape index (κ2) is 9.58. The first-order chi connectivity index (χ1) is 15.8. The van der Waals surface area contributed by atoms with E-state index in [9.17, 15) is 14.4 Å². The third-order valence-electron chi connectivity index (χ3n) is 5.95. The molecule has 3 aromatic rings. The van der Waals surface area contributed by atoms with E-state index in [1.54, 1.807) is 30.7 Å². The topological polar surface area (TPSA) is 102 Å². The number of ketones is 2. The molecule has 2 unspecified atom stereocenters. The van der Waals surface area contributed by atoms with E-state index in [4.69, 9.17) is 11.6 Å². The first-order valence-electron chi connectivity index (χ1n) is 10.6. The van der Waals surface area contributed by atoms with Gasteiger partial charge in [0.05, 0.1) is 17.3 Å². The molecule has 2 heterocycles. The van der Waals surface area contributed by atoms with E-state index in [0.29, 0.717) is 10.7 Å². The highest BCUT2D eigenvalue weighted by atomic mass is 35.5. The van der Waals surface area contributed by atoms with Gasteiger partial charge in [0, 0.05) is 42.9 Å². The van der Waals surface area contributed by atoms with Gasteiger partial charge >= 0.3 is 0 Å². The molecule has 1 aliphatic rings. The highest BCUT2D eigenvalue weighted by Gasteiger charge is 2.43.